The van der Waals surface area contributed by atoms with E-state index >= 15 is 0 Å². The molecule has 3 heteroatoms. The molecule has 0 saturated heterocycles. The maximum absolute atomic E-state index is 12.2. The summed E-state index contributed by atoms with van der Waals surface area (Å²) < 4.78 is 0. The molecule has 1 amide bonds. The maximum atomic E-state index is 12.2. The average Bonchev–Trinajstić information content (AvgIpc) is 2.53. The predicted octanol–water partition coefficient (Wildman–Crippen LogP) is 5.26. The Kier molecular flexibility index (Phi) is 6.11. The lowest BCUT2D eigenvalue weighted by Gasteiger charge is -2.20. The third-order valence-electron chi connectivity index (χ3n) is 4.05. The number of hydrogen-bond acceptors (Lipinski definition) is 2. The lowest BCUT2D eigenvalue weighted by atomic mass is 9.86. The van der Waals surface area contributed by atoms with Gasteiger partial charge in [-0.2, -0.15) is 0 Å². The van der Waals surface area contributed by atoms with Gasteiger partial charge in [-0.1, -0.05) is 62.7 Å². The molecule has 24 heavy (non-hydrogen) atoms. The largest absolute Gasteiger partial charge is 0.349 e. The second kappa shape index (κ2) is 7.89. The summed E-state index contributed by atoms with van der Waals surface area (Å²) in [5.41, 5.74) is 3.82. The first-order valence-electron chi connectivity index (χ1n) is 8.35. The molecule has 0 unspecified atom stereocenters. The number of carbonyl (C=O) groups is 1. The number of thioether (sulfide) groups is 1. The molecular formula is C21H27NOS. The van der Waals surface area contributed by atoms with Crippen LogP contribution in [-0.2, 0) is 10.2 Å². The Bertz CT molecular complexity index is 668. The van der Waals surface area contributed by atoms with E-state index in [2.05, 4.69) is 81.5 Å². The van der Waals surface area contributed by atoms with Crippen molar-refractivity contribution in [3.05, 3.63) is 65.2 Å². The second-order valence-corrected chi connectivity index (χ2v) is 8.31. The highest BCUT2D eigenvalue weighted by Gasteiger charge is 2.15. The van der Waals surface area contributed by atoms with Crippen molar-refractivity contribution in [3.8, 4) is 0 Å². The molecule has 2 rings (SSSR count). The van der Waals surface area contributed by atoms with Crippen LogP contribution >= 0.6 is 11.8 Å². The van der Waals surface area contributed by atoms with Gasteiger partial charge in [0.15, 0.2) is 0 Å². The summed E-state index contributed by atoms with van der Waals surface area (Å²) in [5, 5.41) is 3.08. The molecule has 0 aliphatic carbocycles. The van der Waals surface area contributed by atoms with Crippen molar-refractivity contribution >= 4 is 17.7 Å². The standard InChI is InChI=1S/C21H27NOS/c1-15-6-12-19(13-7-15)24-14-20(23)22-16(2)17-8-10-18(11-9-17)21(3,4)5/h6-13,16H,14H2,1-5H3,(H,22,23)/t16-/m0/s1. The Morgan fingerprint density at radius 3 is 2.17 bits per heavy atom. The van der Waals surface area contributed by atoms with E-state index in [1.54, 1.807) is 11.8 Å². The first-order chi connectivity index (χ1) is 11.3. The zero-order valence-corrected chi connectivity index (χ0v) is 16.0. The third-order valence-corrected chi connectivity index (χ3v) is 5.06. The molecule has 0 spiro atoms. The molecule has 128 valence electrons. The SMILES string of the molecule is Cc1ccc(SCC(=O)N[C@@H](C)c2ccc(C(C)(C)C)cc2)cc1. The van der Waals surface area contributed by atoms with Gasteiger partial charge in [0, 0.05) is 4.90 Å². The average molecular weight is 342 g/mol. The van der Waals surface area contributed by atoms with Gasteiger partial charge >= 0.3 is 0 Å². The Morgan fingerprint density at radius 1 is 1.04 bits per heavy atom. The Hall–Kier alpha value is -1.74. The lowest BCUT2D eigenvalue weighted by molar-refractivity contribution is -0.119. The number of benzene rings is 2. The van der Waals surface area contributed by atoms with E-state index in [4.69, 9.17) is 0 Å². The van der Waals surface area contributed by atoms with Crippen LogP contribution in [0.2, 0.25) is 0 Å². The van der Waals surface area contributed by atoms with Gasteiger partial charge in [-0.15, -0.1) is 11.8 Å². The molecule has 2 aromatic rings. The highest BCUT2D eigenvalue weighted by Crippen LogP contribution is 2.24. The van der Waals surface area contributed by atoms with E-state index in [-0.39, 0.29) is 17.4 Å². The van der Waals surface area contributed by atoms with Gasteiger partial charge in [0.2, 0.25) is 5.91 Å². The molecular weight excluding hydrogens is 314 g/mol. The number of nitrogens with one attached hydrogen (secondary N) is 1. The summed E-state index contributed by atoms with van der Waals surface area (Å²) in [6.07, 6.45) is 0. The van der Waals surface area contributed by atoms with Crippen molar-refractivity contribution in [2.24, 2.45) is 0 Å². The Morgan fingerprint density at radius 2 is 1.62 bits per heavy atom. The van der Waals surface area contributed by atoms with Crippen LogP contribution in [0.4, 0.5) is 0 Å². The van der Waals surface area contributed by atoms with E-state index in [9.17, 15) is 4.79 Å². The smallest absolute Gasteiger partial charge is 0.230 e. The van der Waals surface area contributed by atoms with Gasteiger partial charge in [-0.25, -0.2) is 0 Å². The van der Waals surface area contributed by atoms with E-state index in [1.807, 2.05) is 6.92 Å². The second-order valence-electron chi connectivity index (χ2n) is 7.26. The number of hydrogen-bond donors (Lipinski definition) is 1. The molecule has 2 aromatic carbocycles. The number of aryl methyl sites for hydroxylation is 1. The minimum atomic E-state index is 0.0186. The fourth-order valence-corrected chi connectivity index (χ4v) is 3.13. The normalized spacial score (nSPS) is 12.7. The molecule has 1 N–H and O–H groups in total. The summed E-state index contributed by atoms with van der Waals surface area (Å²) in [5.74, 6) is 0.501. The molecule has 0 aliphatic rings. The van der Waals surface area contributed by atoms with Crippen LogP contribution in [0.5, 0.6) is 0 Å². The van der Waals surface area contributed by atoms with Crippen LogP contribution in [-0.4, -0.2) is 11.7 Å². The third kappa shape index (κ3) is 5.41. The van der Waals surface area contributed by atoms with E-state index in [0.29, 0.717) is 5.75 Å². The maximum Gasteiger partial charge on any atom is 0.230 e. The van der Waals surface area contributed by atoms with Gasteiger partial charge in [0.1, 0.15) is 0 Å². The molecule has 0 aromatic heterocycles. The monoisotopic (exact) mass is 341 g/mol. The van der Waals surface area contributed by atoms with Crippen molar-refractivity contribution in [1.82, 2.24) is 5.32 Å². The topological polar surface area (TPSA) is 29.1 Å². The summed E-state index contributed by atoms with van der Waals surface area (Å²) in [7, 11) is 0. The molecule has 0 heterocycles. The van der Waals surface area contributed by atoms with Gasteiger partial charge in [0.25, 0.3) is 0 Å². The fourth-order valence-electron chi connectivity index (χ4n) is 2.42. The zero-order valence-electron chi connectivity index (χ0n) is 15.2. The number of amides is 1. The van der Waals surface area contributed by atoms with Crippen molar-refractivity contribution in [3.63, 3.8) is 0 Å². The van der Waals surface area contributed by atoms with Gasteiger partial charge < -0.3 is 5.32 Å². The molecule has 2 nitrogen and oxygen atoms in total. The fraction of sp³-hybridized carbons (Fsp3) is 0.381. The van der Waals surface area contributed by atoms with Gasteiger partial charge in [-0.05, 0) is 42.5 Å². The van der Waals surface area contributed by atoms with Crippen LogP contribution in [0.3, 0.4) is 0 Å². The van der Waals surface area contributed by atoms with Crippen molar-refractivity contribution in [1.29, 1.82) is 0 Å². The van der Waals surface area contributed by atoms with Crippen LogP contribution in [0, 0.1) is 6.92 Å². The summed E-state index contributed by atoms with van der Waals surface area (Å²) in [4.78, 5) is 13.3. The van der Waals surface area contributed by atoms with E-state index < -0.39 is 0 Å². The highest BCUT2D eigenvalue weighted by molar-refractivity contribution is 8.00. The molecule has 0 aliphatic heterocycles. The molecule has 1 atom stereocenters. The number of carbonyl (C=O) groups excluding carboxylic acids is 1. The van der Waals surface area contributed by atoms with Crippen molar-refractivity contribution in [2.75, 3.05) is 5.75 Å². The van der Waals surface area contributed by atoms with E-state index in [0.717, 1.165) is 10.5 Å². The van der Waals surface area contributed by atoms with Crippen molar-refractivity contribution < 1.29 is 4.79 Å². The van der Waals surface area contributed by atoms with Crippen LogP contribution < -0.4 is 5.32 Å². The van der Waals surface area contributed by atoms with Crippen LogP contribution in [0.1, 0.15) is 50.4 Å². The molecule has 0 radical (unpaired) electrons. The highest BCUT2D eigenvalue weighted by atomic mass is 32.2. The predicted molar refractivity (Wildman–Crippen MR) is 104 cm³/mol. The van der Waals surface area contributed by atoms with Gasteiger partial charge in [0.05, 0.1) is 11.8 Å². The van der Waals surface area contributed by atoms with E-state index in [1.165, 1.54) is 11.1 Å². The lowest BCUT2D eigenvalue weighted by Crippen LogP contribution is -2.28. The quantitative estimate of drug-likeness (QED) is 0.751. The first kappa shape index (κ1) is 18.6. The molecule has 0 bridgehead atoms. The van der Waals surface area contributed by atoms with Crippen LogP contribution in [0.15, 0.2) is 53.4 Å². The van der Waals surface area contributed by atoms with Crippen LogP contribution in [0.25, 0.3) is 0 Å². The van der Waals surface area contributed by atoms with Crippen molar-refractivity contribution in [2.45, 2.75) is 51.0 Å². The summed E-state index contributed by atoms with van der Waals surface area (Å²) in [6, 6.07) is 16.8. The zero-order chi connectivity index (χ0) is 17.7. The molecule has 0 fully saturated rings. The first-order valence-corrected chi connectivity index (χ1v) is 9.33. The number of rotatable bonds is 5. The Balaban J connectivity index is 1.88. The minimum Gasteiger partial charge on any atom is -0.349 e. The minimum absolute atomic E-state index is 0.0186. The Labute approximate surface area is 150 Å². The summed E-state index contributed by atoms with van der Waals surface area (Å²) in [6.45, 7) is 10.7. The molecule has 0 saturated carbocycles. The summed E-state index contributed by atoms with van der Waals surface area (Å²) >= 11 is 1.57. The van der Waals surface area contributed by atoms with Gasteiger partial charge in [-0.3, -0.25) is 4.79 Å².